The van der Waals surface area contributed by atoms with Crippen LogP contribution < -0.4 is 0 Å². The Morgan fingerprint density at radius 2 is 1.75 bits per heavy atom. The van der Waals surface area contributed by atoms with Crippen molar-refractivity contribution in [2.75, 3.05) is 41.0 Å². The van der Waals surface area contributed by atoms with E-state index in [9.17, 15) is 20.4 Å². The molecule has 32 heavy (non-hydrogen) atoms. The van der Waals surface area contributed by atoms with Crippen molar-refractivity contribution in [3.05, 3.63) is 0 Å². The number of hydrogen-bond donors (Lipinski definition) is 4. The van der Waals surface area contributed by atoms with E-state index in [-0.39, 0.29) is 35.3 Å². The van der Waals surface area contributed by atoms with E-state index in [1.807, 2.05) is 0 Å². The minimum atomic E-state index is -1.54. The Hall–Kier alpha value is -0.320. The van der Waals surface area contributed by atoms with Gasteiger partial charge < -0.3 is 34.6 Å². The average molecular weight is 454 g/mol. The molecule has 0 aromatic heterocycles. The maximum atomic E-state index is 12.5. The smallest absolute Gasteiger partial charge is 0.110 e. The molecule has 8 heteroatoms. The van der Waals surface area contributed by atoms with Crippen LogP contribution in [0.1, 0.15) is 26.2 Å². The minimum absolute atomic E-state index is 0.000250. The molecule has 14 atom stereocenters. The second-order valence-corrected chi connectivity index (χ2v) is 11.6. The summed E-state index contributed by atoms with van der Waals surface area (Å²) in [5, 5.41) is 47.3. The van der Waals surface area contributed by atoms with Gasteiger partial charge in [0, 0.05) is 68.4 Å². The number of methoxy groups -OCH3 is 3. The average Bonchev–Trinajstić information content (AvgIpc) is 3.19. The molecule has 12 unspecified atom stereocenters. The summed E-state index contributed by atoms with van der Waals surface area (Å²) in [7, 11) is 4.98. The van der Waals surface area contributed by atoms with Crippen LogP contribution in [0.2, 0.25) is 0 Å². The Bertz CT molecular complexity index is 783. The Morgan fingerprint density at radius 3 is 2.38 bits per heavy atom. The van der Waals surface area contributed by atoms with Gasteiger partial charge in [-0.25, -0.2) is 0 Å². The van der Waals surface area contributed by atoms with E-state index < -0.39 is 47.3 Å². The third kappa shape index (κ3) is 2.07. The molecule has 1 aliphatic heterocycles. The van der Waals surface area contributed by atoms with Crippen LogP contribution in [-0.2, 0) is 14.2 Å². The third-order valence-corrected chi connectivity index (χ3v) is 11.2. The molecule has 5 aliphatic carbocycles. The van der Waals surface area contributed by atoms with Gasteiger partial charge in [0.15, 0.2) is 0 Å². The van der Waals surface area contributed by atoms with Crippen molar-refractivity contribution in [3.8, 4) is 0 Å². The lowest BCUT2D eigenvalue weighted by Crippen LogP contribution is -2.78. The molecule has 1 spiro atoms. The summed E-state index contributed by atoms with van der Waals surface area (Å²) in [6, 6.07) is -0.120. The van der Waals surface area contributed by atoms with Crippen LogP contribution in [0.15, 0.2) is 0 Å². The molecule has 5 saturated carbocycles. The molecule has 0 aromatic carbocycles. The number of fused-ring (bicyclic) bond motifs is 2. The topological polar surface area (TPSA) is 112 Å². The van der Waals surface area contributed by atoms with Crippen LogP contribution in [0.4, 0.5) is 0 Å². The number of aliphatic hydroxyl groups excluding tert-OH is 3. The highest BCUT2D eigenvalue weighted by atomic mass is 16.5. The molecule has 6 aliphatic rings. The Labute approximate surface area is 189 Å². The predicted molar refractivity (Wildman–Crippen MR) is 114 cm³/mol. The highest BCUT2D eigenvalue weighted by molar-refractivity contribution is 5.36. The number of rotatable bonds is 5. The maximum absolute atomic E-state index is 12.5. The first kappa shape index (κ1) is 22.2. The molecule has 8 nitrogen and oxygen atoms in total. The van der Waals surface area contributed by atoms with Crippen molar-refractivity contribution in [2.45, 2.75) is 68.3 Å². The van der Waals surface area contributed by atoms with Crippen LogP contribution in [0.5, 0.6) is 0 Å². The van der Waals surface area contributed by atoms with Gasteiger partial charge in [-0.05, 0) is 31.7 Å². The lowest BCUT2D eigenvalue weighted by molar-refractivity contribution is -0.297. The number of piperidine rings is 1. The molecule has 0 radical (unpaired) electrons. The number of hydrogen-bond acceptors (Lipinski definition) is 8. The van der Waals surface area contributed by atoms with Crippen molar-refractivity contribution >= 4 is 0 Å². The molecule has 0 amide bonds. The zero-order valence-electron chi connectivity index (χ0n) is 19.6. The van der Waals surface area contributed by atoms with E-state index in [0.29, 0.717) is 19.4 Å². The van der Waals surface area contributed by atoms with E-state index in [2.05, 4.69) is 11.8 Å². The van der Waals surface area contributed by atoms with Gasteiger partial charge in [-0.2, -0.15) is 0 Å². The van der Waals surface area contributed by atoms with Gasteiger partial charge in [0.25, 0.3) is 0 Å². The van der Waals surface area contributed by atoms with Gasteiger partial charge >= 0.3 is 0 Å². The van der Waals surface area contributed by atoms with Crippen LogP contribution in [0.3, 0.4) is 0 Å². The normalized spacial score (nSPS) is 62.4. The van der Waals surface area contributed by atoms with Crippen molar-refractivity contribution in [1.82, 2.24) is 4.90 Å². The van der Waals surface area contributed by atoms with Crippen LogP contribution >= 0.6 is 0 Å². The van der Waals surface area contributed by atoms with Gasteiger partial charge in [0.2, 0.25) is 0 Å². The van der Waals surface area contributed by atoms with Crippen LogP contribution in [0.25, 0.3) is 0 Å². The number of nitrogens with zero attached hydrogens (tertiary/aromatic N) is 1. The van der Waals surface area contributed by atoms with Crippen molar-refractivity contribution < 1.29 is 34.6 Å². The minimum Gasteiger partial charge on any atom is -0.392 e. The fourth-order valence-corrected chi connectivity index (χ4v) is 10.7. The fourth-order valence-electron chi connectivity index (χ4n) is 10.7. The standard InChI is InChI=1S/C24H39NO7/c1-5-25-9-22(10-30-2)7-6-13(26)23-12-8-11-16(27)14(12)24(29,21(28)17(11)31-3)15(20(23)25)18(32-4)19(22)23/h11-21,26-29H,5-10H2,1-4H3/t11?,12?,13?,14?,15?,16?,17?,18?,19?,20?,21?,22-,23?,24+/m0/s1. The second-order valence-electron chi connectivity index (χ2n) is 11.6. The zero-order valence-corrected chi connectivity index (χ0v) is 19.6. The molecular weight excluding hydrogens is 414 g/mol. The van der Waals surface area contributed by atoms with Gasteiger partial charge in [0.1, 0.15) is 11.7 Å². The molecule has 6 fully saturated rings. The van der Waals surface area contributed by atoms with Crippen LogP contribution in [0, 0.1) is 40.4 Å². The quantitative estimate of drug-likeness (QED) is 0.440. The van der Waals surface area contributed by atoms with E-state index in [4.69, 9.17) is 14.2 Å². The van der Waals surface area contributed by atoms with Crippen molar-refractivity contribution in [1.29, 1.82) is 0 Å². The SMILES string of the molecule is CCN1C[C@]2(COC)CCC(O)C34C5CC6C(O)C5[C@](O)(C(O)C6OC)C(C(OC)C32)C14. The first-order chi connectivity index (χ1) is 15.3. The number of likely N-dealkylation sites (tertiary alicyclic amines) is 1. The Morgan fingerprint density at radius 1 is 1.03 bits per heavy atom. The fraction of sp³-hybridized carbons (Fsp3) is 1.00. The Balaban J connectivity index is 1.64. The van der Waals surface area contributed by atoms with Crippen LogP contribution in [-0.4, -0.2) is 109 Å². The van der Waals surface area contributed by atoms with Gasteiger partial charge in [-0.3, -0.25) is 4.90 Å². The summed E-state index contributed by atoms with van der Waals surface area (Å²) in [6.45, 7) is 4.33. The summed E-state index contributed by atoms with van der Waals surface area (Å²) in [6.07, 6.45) is -1.22. The molecule has 182 valence electrons. The number of ether oxygens (including phenoxy) is 3. The van der Waals surface area contributed by atoms with E-state index in [1.54, 1.807) is 21.3 Å². The molecular formula is C24H39NO7. The maximum Gasteiger partial charge on any atom is 0.110 e. The summed E-state index contributed by atoms with van der Waals surface area (Å²) in [4.78, 5) is 2.42. The zero-order chi connectivity index (χ0) is 22.8. The first-order valence-electron chi connectivity index (χ1n) is 12.3. The highest BCUT2D eigenvalue weighted by Gasteiger charge is 2.87. The molecule has 4 N–H and O–H groups in total. The van der Waals surface area contributed by atoms with E-state index in [0.717, 1.165) is 19.5 Å². The highest BCUT2D eigenvalue weighted by Crippen LogP contribution is 2.79. The molecule has 1 heterocycles. The lowest BCUT2D eigenvalue weighted by atomic mass is 9.43. The summed E-state index contributed by atoms with van der Waals surface area (Å²) >= 11 is 0. The van der Waals surface area contributed by atoms with Crippen molar-refractivity contribution in [3.63, 3.8) is 0 Å². The third-order valence-electron chi connectivity index (χ3n) is 11.2. The number of aliphatic hydroxyl groups is 4. The lowest BCUT2D eigenvalue weighted by Gasteiger charge is -2.69. The first-order valence-corrected chi connectivity index (χ1v) is 12.3. The molecule has 6 rings (SSSR count). The molecule has 1 saturated heterocycles. The summed E-state index contributed by atoms with van der Waals surface area (Å²) < 4.78 is 17.7. The van der Waals surface area contributed by atoms with Crippen molar-refractivity contribution in [2.24, 2.45) is 40.4 Å². The van der Waals surface area contributed by atoms with Gasteiger partial charge in [-0.15, -0.1) is 0 Å². The summed E-state index contributed by atoms with van der Waals surface area (Å²) in [5.41, 5.74) is -2.24. The van der Waals surface area contributed by atoms with Gasteiger partial charge in [-0.1, -0.05) is 6.92 Å². The second kappa shape index (κ2) is 6.88. The largest absolute Gasteiger partial charge is 0.392 e. The van der Waals surface area contributed by atoms with E-state index >= 15 is 0 Å². The predicted octanol–water partition coefficient (Wildman–Crippen LogP) is -0.527. The molecule has 7 bridgehead atoms. The summed E-state index contributed by atoms with van der Waals surface area (Å²) in [5.74, 6) is -1.29. The Kier molecular flexibility index (Phi) is 4.76. The van der Waals surface area contributed by atoms with Gasteiger partial charge in [0.05, 0.1) is 31.0 Å². The van der Waals surface area contributed by atoms with E-state index in [1.165, 1.54) is 0 Å². The molecule has 0 aromatic rings. The monoisotopic (exact) mass is 453 g/mol.